The van der Waals surface area contributed by atoms with Gasteiger partial charge >= 0.3 is 5.97 Å². The van der Waals surface area contributed by atoms with Crippen molar-refractivity contribution in [2.75, 3.05) is 20.9 Å². The van der Waals surface area contributed by atoms with Crippen molar-refractivity contribution < 1.29 is 23.8 Å². The number of likely N-dealkylation sites (N-methyl/N-ethyl adjacent to an activating group) is 1. The molecule has 1 amide bonds. The van der Waals surface area contributed by atoms with Crippen molar-refractivity contribution in [2.24, 2.45) is 0 Å². The average Bonchev–Trinajstić information content (AvgIpc) is 3.08. The zero-order valence-electron chi connectivity index (χ0n) is 13.7. The van der Waals surface area contributed by atoms with Crippen molar-refractivity contribution in [3.8, 4) is 11.5 Å². The molecule has 6 nitrogen and oxygen atoms in total. The first-order valence-electron chi connectivity index (χ1n) is 7.53. The Morgan fingerprint density at radius 1 is 1.16 bits per heavy atom. The van der Waals surface area contributed by atoms with Crippen LogP contribution in [0.25, 0.3) is 0 Å². The van der Waals surface area contributed by atoms with E-state index in [-0.39, 0.29) is 23.3 Å². The van der Waals surface area contributed by atoms with Crippen LogP contribution in [-0.2, 0) is 9.53 Å². The van der Waals surface area contributed by atoms with Crippen molar-refractivity contribution >= 4 is 23.5 Å². The Kier molecular flexibility index (Phi) is 4.81. The van der Waals surface area contributed by atoms with Gasteiger partial charge in [0, 0.05) is 19.7 Å². The fourth-order valence-electron chi connectivity index (χ4n) is 2.38. The molecule has 0 spiro atoms. The second-order valence-electron chi connectivity index (χ2n) is 5.62. The molecule has 3 rings (SSSR count). The van der Waals surface area contributed by atoms with Gasteiger partial charge in [-0.3, -0.25) is 4.79 Å². The molecule has 0 unspecified atom stereocenters. The summed E-state index contributed by atoms with van der Waals surface area (Å²) in [4.78, 5) is 26.4. The molecule has 1 aliphatic heterocycles. The Bertz CT molecular complexity index is 807. The van der Waals surface area contributed by atoms with Crippen LogP contribution in [0.1, 0.15) is 22.0 Å². The summed E-state index contributed by atoms with van der Waals surface area (Å²) in [6.45, 7) is 0.0410. The van der Waals surface area contributed by atoms with E-state index in [2.05, 4.69) is 0 Å². The maximum Gasteiger partial charge on any atom is 0.339 e. The highest BCUT2D eigenvalue weighted by Gasteiger charge is 2.28. The van der Waals surface area contributed by atoms with Crippen molar-refractivity contribution in [3.63, 3.8) is 0 Å². The lowest BCUT2D eigenvalue weighted by Crippen LogP contribution is -2.31. The zero-order chi connectivity index (χ0) is 18.0. The van der Waals surface area contributed by atoms with Gasteiger partial charge in [-0.25, -0.2) is 4.79 Å². The highest BCUT2D eigenvalue weighted by Crippen LogP contribution is 2.40. The van der Waals surface area contributed by atoms with E-state index >= 15 is 0 Å². The van der Waals surface area contributed by atoms with Gasteiger partial charge in [0.05, 0.1) is 10.6 Å². The lowest BCUT2D eigenvalue weighted by atomic mass is 10.1. The molecule has 1 heterocycles. The Balaban J connectivity index is 1.88. The number of nitrogens with zero attached hydrogens (tertiary/aromatic N) is 1. The number of amides is 1. The maximum absolute atomic E-state index is 12.6. The monoisotopic (exact) mass is 361 g/mol. The zero-order valence-corrected chi connectivity index (χ0v) is 14.4. The van der Waals surface area contributed by atoms with Crippen molar-refractivity contribution in [1.29, 1.82) is 0 Å². The van der Waals surface area contributed by atoms with Gasteiger partial charge in [0.1, 0.15) is 0 Å². The first-order valence-corrected chi connectivity index (χ1v) is 7.91. The summed E-state index contributed by atoms with van der Waals surface area (Å²) in [5, 5.41) is 0.247. The van der Waals surface area contributed by atoms with Crippen molar-refractivity contribution in [2.45, 2.75) is 6.10 Å². The smallest absolute Gasteiger partial charge is 0.339 e. The number of hydrogen-bond acceptors (Lipinski definition) is 5. The molecule has 130 valence electrons. The molecule has 25 heavy (non-hydrogen) atoms. The van der Waals surface area contributed by atoms with Gasteiger partial charge < -0.3 is 19.1 Å². The molecule has 0 fully saturated rings. The molecule has 0 saturated heterocycles. The number of esters is 1. The third-order valence-electron chi connectivity index (χ3n) is 3.66. The Morgan fingerprint density at radius 2 is 1.88 bits per heavy atom. The van der Waals surface area contributed by atoms with Crippen LogP contribution in [0.3, 0.4) is 0 Å². The highest BCUT2D eigenvalue weighted by atomic mass is 35.5. The second kappa shape index (κ2) is 7.03. The van der Waals surface area contributed by atoms with Crippen LogP contribution in [0.15, 0.2) is 42.5 Å². The second-order valence-corrected chi connectivity index (χ2v) is 6.03. The Morgan fingerprint density at radius 3 is 2.56 bits per heavy atom. The molecule has 0 aromatic heterocycles. The normalized spacial score (nSPS) is 13.2. The third kappa shape index (κ3) is 3.53. The molecule has 1 aliphatic rings. The minimum Gasteiger partial charge on any atom is -0.454 e. The van der Waals surface area contributed by atoms with E-state index in [9.17, 15) is 9.59 Å². The van der Waals surface area contributed by atoms with E-state index in [1.807, 2.05) is 6.07 Å². The Labute approximate surface area is 149 Å². The summed E-state index contributed by atoms with van der Waals surface area (Å²) in [5.74, 6) is -0.257. The van der Waals surface area contributed by atoms with E-state index < -0.39 is 12.1 Å². The van der Waals surface area contributed by atoms with E-state index in [0.717, 1.165) is 0 Å². The standard InChI is InChI=1S/C18H16ClNO5/c1-20(2)17(21)15(11-6-4-3-5-7-11)25-18(22)12-8-13(19)16-14(9-12)23-10-24-16/h3-9,15H,10H2,1-2H3/t15-/m0/s1. The van der Waals surface area contributed by atoms with E-state index in [1.54, 1.807) is 38.4 Å². The largest absolute Gasteiger partial charge is 0.454 e. The lowest BCUT2D eigenvalue weighted by Gasteiger charge is -2.21. The summed E-state index contributed by atoms with van der Waals surface area (Å²) in [6, 6.07) is 11.7. The molecular formula is C18H16ClNO5. The van der Waals surface area contributed by atoms with E-state index in [1.165, 1.54) is 17.0 Å². The predicted octanol–water partition coefficient (Wildman–Crippen LogP) is 3.06. The lowest BCUT2D eigenvalue weighted by molar-refractivity contribution is -0.138. The molecular weight excluding hydrogens is 346 g/mol. The number of rotatable bonds is 4. The van der Waals surface area contributed by atoms with Crippen LogP contribution < -0.4 is 9.47 Å². The fraction of sp³-hybridized carbons (Fsp3) is 0.222. The van der Waals surface area contributed by atoms with Crippen LogP contribution in [0.2, 0.25) is 5.02 Å². The molecule has 0 saturated carbocycles. The maximum atomic E-state index is 12.6. The van der Waals surface area contributed by atoms with Gasteiger partial charge in [0.15, 0.2) is 11.5 Å². The van der Waals surface area contributed by atoms with Crippen LogP contribution in [0, 0.1) is 0 Å². The summed E-state index contributed by atoms with van der Waals surface area (Å²) in [7, 11) is 3.20. The van der Waals surface area contributed by atoms with Crippen LogP contribution in [0.4, 0.5) is 0 Å². The van der Waals surface area contributed by atoms with Gasteiger partial charge in [-0.05, 0) is 12.1 Å². The number of fused-ring (bicyclic) bond motifs is 1. The number of carbonyl (C=O) groups excluding carboxylic acids is 2. The third-order valence-corrected chi connectivity index (χ3v) is 3.94. The number of hydrogen-bond donors (Lipinski definition) is 0. The number of halogens is 1. The van der Waals surface area contributed by atoms with Gasteiger partial charge in [-0.15, -0.1) is 0 Å². The Hall–Kier alpha value is -2.73. The summed E-state index contributed by atoms with van der Waals surface area (Å²) >= 11 is 6.10. The number of ether oxygens (including phenoxy) is 3. The van der Waals surface area contributed by atoms with E-state index in [4.69, 9.17) is 25.8 Å². The topological polar surface area (TPSA) is 65.1 Å². The molecule has 7 heteroatoms. The summed E-state index contributed by atoms with van der Waals surface area (Å²) < 4.78 is 15.9. The van der Waals surface area contributed by atoms with Crippen LogP contribution in [0.5, 0.6) is 11.5 Å². The van der Waals surface area contributed by atoms with Crippen molar-refractivity contribution in [3.05, 3.63) is 58.6 Å². The average molecular weight is 362 g/mol. The molecule has 2 aromatic carbocycles. The molecule has 2 aromatic rings. The minimum absolute atomic E-state index is 0.0410. The van der Waals surface area contributed by atoms with Gasteiger partial charge in [0.25, 0.3) is 5.91 Å². The highest BCUT2D eigenvalue weighted by molar-refractivity contribution is 6.32. The SMILES string of the molecule is CN(C)C(=O)[C@@H](OC(=O)c1cc(Cl)c2c(c1)OCO2)c1ccccc1. The molecule has 1 atom stereocenters. The van der Waals surface area contributed by atoms with Crippen LogP contribution in [-0.4, -0.2) is 37.7 Å². The van der Waals surface area contributed by atoms with Crippen LogP contribution >= 0.6 is 11.6 Å². The molecule has 0 bridgehead atoms. The predicted molar refractivity (Wildman–Crippen MR) is 90.9 cm³/mol. The number of benzene rings is 2. The van der Waals surface area contributed by atoms with Gasteiger partial charge in [-0.2, -0.15) is 0 Å². The summed E-state index contributed by atoms with van der Waals surface area (Å²) in [6.07, 6.45) is -1.05. The first-order chi connectivity index (χ1) is 12.0. The number of carbonyl (C=O) groups is 2. The van der Waals surface area contributed by atoms with Gasteiger partial charge in [0.2, 0.25) is 12.9 Å². The quantitative estimate of drug-likeness (QED) is 0.783. The summed E-state index contributed by atoms with van der Waals surface area (Å²) in [5.41, 5.74) is 0.767. The molecule has 0 N–H and O–H groups in total. The van der Waals surface area contributed by atoms with Gasteiger partial charge in [-0.1, -0.05) is 41.9 Å². The molecule has 0 radical (unpaired) electrons. The molecule has 0 aliphatic carbocycles. The fourth-order valence-corrected chi connectivity index (χ4v) is 2.65. The minimum atomic E-state index is -1.05. The van der Waals surface area contributed by atoms with Crippen molar-refractivity contribution in [1.82, 2.24) is 4.90 Å². The van der Waals surface area contributed by atoms with E-state index in [0.29, 0.717) is 17.1 Å². The first kappa shape index (κ1) is 17.1.